The number of alkyl halides is 3. The molecule has 3 heterocycles. The van der Waals surface area contributed by atoms with Gasteiger partial charge in [0, 0.05) is 39.8 Å². The number of carboxylic acid groups (broad SMARTS) is 1. The van der Waals surface area contributed by atoms with Crippen molar-refractivity contribution in [2.45, 2.75) is 38.5 Å². The maximum absolute atomic E-state index is 11.1. The summed E-state index contributed by atoms with van der Waals surface area (Å²) in [6, 6.07) is 73.7. The third-order valence-electron chi connectivity index (χ3n) is 12.9. The topological polar surface area (TPSA) is 159 Å². The monoisotopic (exact) mass is 1370 g/mol. The second kappa shape index (κ2) is 42.9. The quantitative estimate of drug-likeness (QED) is 0.0146. The largest absolute Gasteiger partial charge is 1.00 e. The van der Waals surface area contributed by atoms with E-state index >= 15 is 0 Å². The normalized spacial score (nSPS) is 10.8. The molecule has 19 heteroatoms. The van der Waals surface area contributed by atoms with Gasteiger partial charge < -0.3 is 50.7 Å². The minimum absolute atomic E-state index is 0. The van der Waals surface area contributed by atoms with Gasteiger partial charge in [-0.05, 0) is 164 Å². The molecule has 90 heavy (non-hydrogen) atoms. The fraction of sp³-hybridized carbons (Fsp3) is 0.141. The molecule has 3 aliphatic heterocycles. The molecule has 0 saturated carbocycles. The van der Waals surface area contributed by atoms with E-state index in [0.29, 0.717) is 12.5 Å². The number of carbonyl (C=O) groups excluding carboxylic acids is 2. The van der Waals surface area contributed by atoms with Crippen LogP contribution in [0.2, 0.25) is 0 Å². The van der Waals surface area contributed by atoms with Crippen molar-refractivity contribution in [2.24, 2.45) is 0 Å². The summed E-state index contributed by atoms with van der Waals surface area (Å²) in [4.78, 5) is 36.0. The third kappa shape index (κ3) is 23.9. The van der Waals surface area contributed by atoms with Crippen molar-refractivity contribution in [3.63, 3.8) is 0 Å². The first-order chi connectivity index (χ1) is 43.5. The first-order valence-electron chi connectivity index (χ1n) is 28.4. The molecule has 0 radical (unpaired) electrons. The molecule has 3 aliphatic rings. The molecule has 0 bridgehead atoms. The number of rotatable bonds is 15. The maximum atomic E-state index is 11.1. The molecular weight excluding hydrogens is 1300 g/mol. The Bertz CT molecular complexity index is 3500. The van der Waals surface area contributed by atoms with E-state index in [9.17, 15) is 14.0 Å². The minimum Gasteiger partial charge on any atom is -1.00 e. The zero-order valence-corrected chi connectivity index (χ0v) is 59.4. The number of ether oxygens (including phenoxy) is 4. The predicted octanol–water partition coefficient (Wildman–Crippen LogP) is 12.9. The van der Waals surface area contributed by atoms with E-state index in [1.54, 1.807) is 0 Å². The predicted molar refractivity (Wildman–Crippen MR) is 353 cm³/mol. The van der Waals surface area contributed by atoms with Crippen molar-refractivity contribution in [3.05, 3.63) is 265 Å². The fourth-order valence-electron chi connectivity index (χ4n) is 8.87. The number of halogens is 4. The number of carbonyl (C=O) groups is 3. The molecule has 12 rings (SSSR count). The third-order valence-corrected chi connectivity index (χ3v) is 13.9. The first kappa shape index (κ1) is 74.6. The van der Waals surface area contributed by atoms with Gasteiger partial charge in [-0.3, -0.25) is 9.18 Å². The van der Waals surface area contributed by atoms with Crippen LogP contribution in [0.5, 0.6) is 34.5 Å². The van der Waals surface area contributed by atoms with Crippen LogP contribution < -0.4 is 137 Å². The number of para-hydroxylation sites is 12. The van der Waals surface area contributed by atoms with Crippen molar-refractivity contribution < 1.29 is 159 Å². The molecule has 0 aromatic heterocycles. The molecule has 0 spiro atoms. The van der Waals surface area contributed by atoms with Crippen LogP contribution in [0.25, 0.3) is 0 Å². The minimum atomic E-state index is -1.00. The van der Waals surface area contributed by atoms with E-state index in [2.05, 4.69) is 146 Å². The molecular formula is C71H67BrCl2FK2N3O10. The van der Waals surface area contributed by atoms with Gasteiger partial charge in [-0.25, -0.2) is 9.59 Å². The van der Waals surface area contributed by atoms with Gasteiger partial charge in [0.25, 0.3) is 6.47 Å². The molecule has 0 amide bonds. The standard InChI is InChI=1S/C24H21NO3.C21H18ClNO.C12H9NO.C9H10BrCl.C3H4O2.CH3F.CH2O3.2K.H/c1-2-24(26)27-17-7-8-18-13-15-19(16-14-18)25-20-9-3-5-11-22(20)28-23-12-6-4-10-21(23)25;22-15-5-6-16-11-13-17(14-12-16)23-18-7-1-3-9-20(18)24-21-10-4-2-8-19(21)23;1-3-7-11-9(5-1)13-10-6-2-4-8-12(10)14-11;10-9-5-3-8(4-6-9)2-1-7-11;1-2-3(4)5;1-2;2-1-4-3;;;/h2-6,9-16H,1,7-8,17H2;1-4,7-14H,5-6,15H2;1-8,13H;3-6H,1-2,7H2;2H,1H2,(H,4,5);1H3;1,3H;;;/q;;;;;;;2*+1;-1/p-1/i;;;;;1D;;;;. The Morgan fingerprint density at radius 3 is 1.19 bits per heavy atom. The van der Waals surface area contributed by atoms with E-state index in [-0.39, 0.29) is 117 Å². The van der Waals surface area contributed by atoms with E-state index < -0.39 is 13.1 Å². The van der Waals surface area contributed by atoms with Gasteiger partial charge in [0.1, 0.15) is 0 Å². The Hall–Kier alpha value is -6.11. The summed E-state index contributed by atoms with van der Waals surface area (Å²) >= 11 is 14.8. The fourth-order valence-corrected chi connectivity index (χ4v) is 9.40. The number of aryl methyl sites for hydroxylation is 3. The van der Waals surface area contributed by atoms with Crippen LogP contribution in [0.1, 0.15) is 38.8 Å². The average molecular weight is 1370 g/mol. The van der Waals surface area contributed by atoms with E-state index in [0.717, 1.165) is 135 Å². The molecule has 0 fully saturated rings. The van der Waals surface area contributed by atoms with Gasteiger partial charge >= 0.3 is 115 Å². The number of nitrogens with one attached hydrogen (secondary N) is 1. The van der Waals surface area contributed by atoms with E-state index in [1.165, 1.54) is 22.8 Å². The molecule has 0 atom stereocenters. The van der Waals surface area contributed by atoms with E-state index in [1.807, 2.05) is 121 Å². The summed E-state index contributed by atoms with van der Waals surface area (Å²) in [5, 5.41) is 19.4. The summed E-state index contributed by atoms with van der Waals surface area (Å²) in [7, 11) is -1.00. The Balaban J connectivity index is 0.000000311. The molecule has 9 aromatic carbocycles. The van der Waals surface area contributed by atoms with Crippen molar-refractivity contribution in [1.29, 1.82) is 0 Å². The number of anilines is 8. The number of nitrogens with zero attached hydrogens (tertiary/aromatic N) is 2. The van der Waals surface area contributed by atoms with Crippen molar-refractivity contribution in [2.75, 3.05) is 40.6 Å². The Labute approximate surface area is 632 Å². The van der Waals surface area contributed by atoms with Crippen LogP contribution in [-0.4, -0.2) is 49.0 Å². The van der Waals surface area contributed by atoms with Gasteiger partial charge in [-0.1, -0.05) is 138 Å². The average Bonchev–Trinajstić information content (AvgIpc) is 0.788. The zero-order valence-electron chi connectivity index (χ0n) is 52.0. The number of carboxylic acids is 1. The van der Waals surface area contributed by atoms with Gasteiger partial charge in [-0.15, -0.1) is 23.2 Å². The van der Waals surface area contributed by atoms with Crippen LogP contribution in [0.4, 0.5) is 49.9 Å². The van der Waals surface area contributed by atoms with Crippen molar-refractivity contribution in [3.8, 4) is 34.5 Å². The van der Waals surface area contributed by atoms with Gasteiger partial charge in [0.15, 0.2) is 34.5 Å². The number of hydrogen-bond acceptors (Lipinski definition) is 12. The van der Waals surface area contributed by atoms with Crippen molar-refractivity contribution in [1.82, 2.24) is 0 Å². The first-order valence-corrected chi connectivity index (χ1v) is 29.6. The molecule has 456 valence electrons. The summed E-state index contributed by atoms with van der Waals surface area (Å²) in [5.41, 5.74) is 12.3. The molecule has 13 nitrogen and oxygen atoms in total. The van der Waals surface area contributed by atoms with Gasteiger partial charge in [0.05, 0.1) is 49.3 Å². The molecule has 2 N–H and O–H groups in total. The molecule has 0 unspecified atom stereocenters. The number of hydrogen-bond donors (Lipinski definition) is 2. The van der Waals surface area contributed by atoms with E-state index in [4.69, 9.17) is 58.7 Å². The number of benzene rings is 9. The Morgan fingerprint density at radius 2 is 0.867 bits per heavy atom. The smallest absolute Gasteiger partial charge is 1.00 e. The number of aliphatic carboxylic acids is 1. The molecule has 9 aromatic rings. The van der Waals surface area contributed by atoms with Crippen LogP contribution in [-0.2, 0) is 43.3 Å². The van der Waals surface area contributed by atoms with Crippen LogP contribution in [0.3, 0.4) is 0 Å². The van der Waals surface area contributed by atoms with Gasteiger partial charge in [0.2, 0.25) is 0 Å². The number of esters is 1. The van der Waals surface area contributed by atoms with Crippen LogP contribution in [0.15, 0.2) is 248 Å². The molecule has 0 saturated heterocycles. The Morgan fingerprint density at radius 1 is 0.567 bits per heavy atom. The van der Waals surface area contributed by atoms with Crippen LogP contribution in [0, 0.1) is 0 Å². The maximum Gasteiger partial charge on any atom is 1.00 e. The number of fused-ring (bicyclic) bond motifs is 6. The summed E-state index contributed by atoms with van der Waals surface area (Å²) < 4.78 is 39.5. The second-order valence-corrected chi connectivity index (χ2v) is 20.4. The molecule has 0 aliphatic carbocycles. The summed E-state index contributed by atoms with van der Waals surface area (Å²) in [6.45, 7) is 6.58. The second-order valence-electron chi connectivity index (χ2n) is 18.7. The summed E-state index contributed by atoms with van der Waals surface area (Å²) in [6.07, 6.45) is 7.81. The van der Waals surface area contributed by atoms with Gasteiger partial charge in [-0.2, -0.15) is 0 Å². The Kier molecular flexibility index (Phi) is 35.5. The van der Waals surface area contributed by atoms with Crippen molar-refractivity contribution >= 4 is 103 Å². The van der Waals surface area contributed by atoms with Crippen LogP contribution >= 0.6 is 39.1 Å². The zero-order chi connectivity index (χ0) is 63.6. The summed E-state index contributed by atoms with van der Waals surface area (Å²) in [5.74, 6) is 5.29. The SMILES string of the molecule is C=CC(=O)O.C=CC(=O)OCCCc1ccc(N2c3ccccc3Oc3ccccc32)cc1.ClCCCc1ccc(Br)cc1.ClCCCc1ccc(N2c3ccccc3Oc3ccccc32)cc1.O=CO[O-].[2H]CF.[H-].[K+].[K+].c1ccc2c(c1)Nc1ccccc1O2.